The van der Waals surface area contributed by atoms with Crippen LogP contribution in [0.15, 0.2) is 76.1 Å². The lowest BCUT2D eigenvalue weighted by atomic mass is 10.1. The van der Waals surface area contributed by atoms with E-state index in [9.17, 15) is 17.6 Å². The molecule has 0 aliphatic rings. The molecule has 0 spiro atoms. The van der Waals surface area contributed by atoms with Gasteiger partial charge >= 0.3 is 0 Å². The zero-order chi connectivity index (χ0) is 21.0. The number of nitrogens with one attached hydrogen (secondary N) is 1. The summed E-state index contributed by atoms with van der Waals surface area (Å²) in [6, 6.07) is 16.5. The number of hydrogen-bond donors (Lipinski definition) is 1. The van der Waals surface area contributed by atoms with Gasteiger partial charge in [0, 0.05) is 4.47 Å². The summed E-state index contributed by atoms with van der Waals surface area (Å²) in [6.07, 6.45) is 0. The third kappa shape index (κ3) is 5.42. The Morgan fingerprint density at radius 2 is 1.69 bits per heavy atom. The number of carbonyl (C=O) groups excluding carboxylic acids is 1. The molecule has 3 aromatic rings. The van der Waals surface area contributed by atoms with Crippen molar-refractivity contribution in [2.24, 2.45) is 0 Å². The van der Waals surface area contributed by atoms with Gasteiger partial charge in [0.1, 0.15) is 18.2 Å². The maximum Gasteiger partial charge on any atom is 0.268 e. The van der Waals surface area contributed by atoms with Gasteiger partial charge in [-0.3, -0.25) is 4.79 Å². The number of carbonyl (C=O) groups is 1. The van der Waals surface area contributed by atoms with Crippen molar-refractivity contribution >= 4 is 31.9 Å². The summed E-state index contributed by atoms with van der Waals surface area (Å²) in [7, 11) is -4.15. The van der Waals surface area contributed by atoms with Crippen molar-refractivity contribution in [1.29, 1.82) is 0 Å². The van der Waals surface area contributed by atoms with Crippen molar-refractivity contribution in [3.05, 3.63) is 93.7 Å². The van der Waals surface area contributed by atoms with E-state index < -0.39 is 21.7 Å². The lowest BCUT2D eigenvalue weighted by molar-refractivity contribution is 0.0977. The van der Waals surface area contributed by atoms with E-state index in [0.29, 0.717) is 0 Å². The number of halogens is 2. The first-order chi connectivity index (χ1) is 13.7. The van der Waals surface area contributed by atoms with Crippen LogP contribution in [-0.4, -0.2) is 14.3 Å². The highest BCUT2D eigenvalue weighted by molar-refractivity contribution is 9.10. The first-order valence-corrected chi connectivity index (χ1v) is 10.8. The quantitative estimate of drug-likeness (QED) is 0.563. The molecule has 5 nitrogen and oxygen atoms in total. The molecule has 0 unspecified atom stereocenters. The summed E-state index contributed by atoms with van der Waals surface area (Å²) >= 11 is 3.36. The molecule has 0 fully saturated rings. The molecule has 8 heteroatoms. The molecule has 0 radical (unpaired) electrons. The Bertz CT molecular complexity index is 1130. The van der Waals surface area contributed by atoms with Crippen LogP contribution in [0.25, 0.3) is 0 Å². The molecule has 0 aliphatic heterocycles. The summed E-state index contributed by atoms with van der Waals surface area (Å²) in [5.41, 5.74) is 1.83. The zero-order valence-electron chi connectivity index (χ0n) is 15.4. The lowest BCUT2D eigenvalue weighted by Gasteiger charge is -2.13. The van der Waals surface area contributed by atoms with Crippen molar-refractivity contribution in [3.8, 4) is 5.75 Å². The fourth-order valence-corrected chi connectivity index (χ4v) is 3.76. The van der Waals surface area contributed by atoms with Gasteiger partial charge in [0.2, 0.25) is 0 Å². The summed E-state index contributed by atoms with van der Waals surface area (Å²) in [4.78, 5) is 12.4. The molecular weight excluding hydrogens is 461 g/mol. The van der Waals surface area contributed by atoms with Crippen molar-refractivity contribution in [2.45, 2.75) is 18.4 Å². The Morgan fingerprint density at radius 3 is 2.34 bits per heavy atom. The van der Waals surface area contributed by atoms with E-state index in [2.05, 4.69) is 15.9 Å². The molecule has 0 bridgehead atoms. The van der Waals surface area contributed by atoms with Crippen LogP contribution in [0.2, 0.25) is 0 Å². The second-order valence-corrected chi connectivity index (χ2v) is 8.90. The predicted molar refractivity (Wildman–Crippen MR) is 111 cm³/mol. The van der Waals surface area contributed by atoms with Crippen LogP contribution in [0.5, 0.6) is 5.75 Å². The number of benzene rings is 3. The fourth-order valence-electron chi connectivity index (χ4n) is 2.53. The lowest BCUT2D eigenvalue weighted by Crippen LogP contribution is -2.31. The molecular formula is C21H17BrFNO4S. The molecule has 29 heavy (non-hydrogen) atoms. The van der Waals surface area contributed by atoms with Gasteiger partial charge in [-0.1, -0.05) is 34.1 Å². The molecule has 1 amide bonds. The van der Waals surface area contributed by atoms with E-state index in [1.807, 2.05) is 35.9 Å². The zero-order valence-corrected chi connectivity index (χ0v) is 17.8. The highest BCUT2D eigenvalue weighted by Crippen LogP contribution is 2.23. The molecule has 1 N–H and O–H groups in total. The summed E-state index contributed by atoms with van der Waals surface area (Å²) in [5, 5.41) is 0. The van der Waals surface area contributed by atoms with Gasteiger partial charge in [-0.2, -0.15) is 0 Å². The summed E-state index contributed by atoms with van der Waals surface area (Å²) in [5.74, 6) is -1.14. The van der Waals surface area contributed by atoms with Gasteiger partial charge in [-0.15, -0.1) is 0 Å². The molecule has 0 aliphatic carbocycles. The van der Waals surface area contributed by atoms with Crippen molar-refractivity contribution in [1.82, 2.24) is 4.72 Å². The normalized spacial score (nSPS) is 11.1. The van der Waals surface area contributed by atoms with Crippen LogP contribution in [0, 0.1) is 12.7 Å². The van der Waals surface area contributed by atoms with E-state index in [-0.39, 0.29) is 22.8 Å². The number of sulfonamides is 1. The molecule has 0 saturated carbocycles. The molecule has 0 heterocycles. The summed E-state index contributed by atoms with van der Waals surface area (Å²) < 4.78 is 46.6. The van der Waals surface area contributed by atoms with Crippen LogP contribution in [0.3, 0.4) is 0 Å². The van der Waals surface area contributed by atoms with Crippen LogP contribution in [0.1, 0.15) is 21.5 Å². The number of ether oxygens (including phenoxy) is 1. The number of aryl methyl sites for hydroxylation is 1. The Labute approximate surface area is 176 Å². The van der Waals surface area contributed by atoms with Crippen LogP contribution in [0.4, 0.5) is 4.39 Å². The van der Waals surface area contributed by atoms with Gasteiger partial charge in [-0.05, 0) is 66.6 Å². The third-order valence-corrected chi connectivity index (χ3v) is 5.92. The molecule has 3 rings (SSSR count). The largest absolute Gasteiger partial charge is 0.488 e. The first kappa shape index (κ1) is 21.0. The van der Waals surface area contributed by atoms with E-state index in [0.717, 1.165) is 39.9 Å². The Morgan fingerprint density at radius 1 is 1.03 bits per heavy atom. The SMILES string of the molecule is Cc1ccc(C(=O)NS(=O)(=O)c2ccc(F)cc2)c(OCc2ccc(Br)cc2)c1. The van der Waals surface area contributed by atoms with Gasteiger partial charge in [-0.25, -0.2) is 17.5 Å². The standard InChI is InChI=1S/C21H17BrFNO4S/c1-14-2-11-19(20(12-14)28-13-15-3-5-16(22)6-4-15)21(25)24-29(26,27)18-9-7-17(23)8-10-18/h2-12H,13H2,1H3,(H,24,25). The second kappa shape index (κ2) is 8.75. The van der Waals surface area contributed by atoms with Gasteiger partial charge in [0.05, 0.1) is 10.5 Å². The van der Waals surface area contributed by atoms with E-state index in [1.165, 1.54) is 6.07 Å². The van der Waals surface area contributed by atoms with Gasteiger partial charge in [0.25, 0.3) is 15.9 Å². The minimum Gasteiger partial charge on any atom is -0.488 e. The highest BCUT2D eigenvalue weighted by atomic mass is 79.9. The number of hydrogen-bond acceptors (Lipinski definition) is 4. The van der Waals surface area contributed by atoms with E-state index >= 15 is 0 Å². The maximum absolute atomic E-state index is 13.0. The molecule has 0 saturated heterocycles. The van der Waals surface area contributed by atoms with Gasteiger partial charge in [0.15, 0.2) is 0 Å². The molecule has 150 valence electrons. The number of amides is 1. The first-order valence-electron chi connectivity index (χ1n) is 8.55. The van der Waals surface area contributed by atoms with Crippen LogP contribution < -0.4 is 9.46 Å². The van der Waals surface area contributed by atoms with E-state index in [4.69, 9.17) is 4.74 Å². The van der Waals surface area contributed by atoms with Crippen molar-refractivity contribution in [2.75, 3.05) is 0 Å². The monoisotopic (exact) mass is 477 g/mol. The molecule has 0 aromatic heterocycles. The fraction of sp³-hybridized carbons (Fsp3) is 0.0952. The minimum atomic E-state index is -4.15. The topological polar surface area (TPSA) is 72.5 Å². The van der Waals surface area contributed by atoms with Crippen molar-refractivity contribution < 1.29 is 22.3 Å². The number of rotatable bonds is 6. The van der Waals surface area contributed by atoms with E-state index in [1.54, 1.807) is 12.1 Å². The highest BCUT2D eigenvalue weighted by Gasteiger charge is 2.21. The van der Waals surface area contributed by atoms with Crippen LogP contribution in [-0.2, 0) is 16.6 Å². The Kier molecular flexibility index (Phi) is 6.34. The Balaban J connectivity index is 1.81. The van der Waals surface area contributed by atoms with Crippen LogP contribution >= 0.6 is 15.9 Å². The summed E-state index contributed by atoms with van der Waals surface area (Å²) in [6.45, 7) is 2.05. The molecule has 3 aromatic carbocycles. The van der Waals surface area contributed by atoms with Gasteiger partial charge < -0.3 is 4.74 Å². The second-order valence-electron chi connectivity index (χ2n) is 6.30. The molecule has 0 atom stereocenters. The maximum atomic E-state index is 13.0. The van der Waals surface area contributed by atoms with Crippen molar-refractivity contribution in [3.63, 3.8) is 0 Å². The Hall–Kier alpha value is -2.71. The third-order valence-electron chi connectivity index (χ3n) is 4.04. The predicted octanol–water partition coefficient (Wildman–Crippen LogP) is 4.59. The average Bonchev–Trinajstić information content (AvgIpc) is 2.67. The smallest absolute Gasteiger partial charge is 0.268 e. The minimum absolute atomic E-state index is 0.0819. The average molecular weight is 478 g/mol.